The average Bonchev–Trinajstić information content (AvgIpc) is 2.46. The number of hydrogen-bond acceptors (Lipinski definition) is 5. The van der Waals surface area contributed by atoms with Gasteiger partial charge in [0, 0.05) is 19.2 Å². The van der Waals surface area contributed by atoms with E-state index in [1.54, 1.807) is 18.2 Å². The molecule has 22 heavy (non-hydrogen) atoms. The molecule has 9 heteroatoms. The van der Waals surface area contributed by atoms with Crippen molar-refractivity contribution in [1.29, 1.82) is 5.26 Å². The van der Waals surface area contributed by atoms with E-state index < -0.39 is 30.6 Å². The van der Waals surface area contributed by atoms with Gasteiger partial charge in [0.05, 0.1) is 11.8 Å². The highest BCUT2D eigenvalue weighted by Crippen LogP contribution is 2.15. The van der Waals surface area contributed by atoms with Crippen LogP contribution in [-0.4, -0.2) is 36.2 Å². The molecule has 118 valence electrons. The maximum Gasteiger partial charge on any atom is 0.422 e. The number of hydrogen-bond donors (Lipinski definition) is 1. The predicted molar refractivity (Wildman–Crippen MR) is 67.6 cm³/mol. The summed E-state index contributed by atoms with van der Waals surface area (Å²) in [6.07, 6.45) is -4.69. The van der Waals surface area contributed by atoms with Crippen molar-refractivity contribution in [2.45, 2.75) is 18.5 Å². The van der Waals surface area contributed by atoms with Gasteiger partial charge in [-0.15, -0.1) is 0 Å². The van der Waals surface area contributed by atoms with E-state index >= 15 is 0 Å². The number of nitrogens with one attached hydrogen (secondary N) is 1. The van der Waals surface area contributed by atoms with Crippen LogP contribution in [0.5, 0.6) is 0 Å². The van der Waals surface area contributed by atoms with E-state index in [1.807, 2.05) is 5.32 Å². The van der Waals surface area contributed by atoms with Gasteiger partial charge in [-0.3, -0.25) is 9.78 Å². The molecule has 0 aliphatic rings. The highest BCUT2D eigenvalue weighted by atomic mass is 19.4. The molecule has 1 N–H and O–H groups in total. The normalized spacial score (nSPS) is 12.1. The van der Waals surface area contributed by atoms with Crippen LogP contribution < -0.4 is 5.32 Å². The van der Waals surface area contributed by atoms with Crippen molar-refractivity contribution in [2.75, 3.05) is 13.2 Å². The van der Waals surface area contributed by atoms with E-state index in [0.717, 1.165) is 0 Å². The standard InChI is InChI=1S/C13H12F3N3O3/c14-13(15,16)8-22-12(21)19-6-4-11(20)9(7-17)10-3-1-2-5-18-10/h1-3,5,9H,4,6,8H2,(H,19,21)/t9-/m0/s1. The van der Waals surface area contributed by atoms with Crippen molar-refractivity contribution in [3.8, 4) is 6.07 Å². The number of nitrogens with zero attached hydrogens (tertiary/aromatic N) is 2. The summed E-state index contributed by atoms with van der Waals surface area (Å²) in [6, 6.07) is 6.55. The second-order valence-electron chi connectivity index (χ2n) is 4.15. The SMILES string of the molecule is N#C[C@H](C(=O)CCNC(=O)OCC(F)(F)F)c1ccccn1. The third-order valence-electron chi connectivity index (χ3n) is 2.44. The number of pyridine rings is 1. The Morgan fingerprint density at radius 2 is 2.14 bits per heavy atom. The lowest BCUT2D eigenvalue weighted by molar-refractivity contribution is -0.160. The van der Waals surface area contributed by atoms with Gasteiger partial charge in [0.15, 0.2) is 12.4 Å². The van der Waals surface area contributed by atoms with Crippen molar-refractivity contribution < 1.29 is 27.5 Å². The summed E-state index contributed by atoms with van der Waals surface area (Å²) >= 11 is 0. The van der Waals surface area contributed by atoms with Gasteiger partial charge in [-0.25, -0.2) is 4.79 Å². The van der Waals surface area contributed by atoms with Gasteiger partial charge in [-0.05, 0) is 12.1 Å². The Morgan fingerprint density at radius 1 is 1.41 bits per heavy atom. The zero-order valence-electron chi connectivity index (χ0n) is 11.3. The zero-order valence-corrected chi connectivity index (χ0v) is 11.3. The molecule has 1 aromatic heterocycles. The van der Waals surface area contributed by atoms with Crippen LogP contribution in [0.25, 0.3) is 0 Å². The van der Waals surface area contributed by atoms with E-state index in [4.69, 9.17) is 5.26 Å². The lowest BCUT2D eigenvalue weighted by Crippen LogP contribution is -2.31. The first-order valence-electron chi connectivity index (χ1n) is 6.14. The summed E-state index contributed by atoms with van der Waals surface area (Å²) in [7, 11) is 0. The second-order valence-corrected chi connectivity index (χ2v) is 4.15. The highest BCUT2D eigenvalue weighted by Gasteiger charge is 2.29. The van der Waals surface area contributed by atoms with Crippen molar-refractivity contribution in [2.24, 2.45) is 0 Å². The average molecular weight is 315 g/mol. The van der Waals surface area contributed by atoms with Gasteiger partial charge in [-0.2, -0.15) is 18.4 Å². The molecular formula is C13H12F3N3O3. The molecule has 1 heterocycles. The van der Waals surface area contributed by atoms with Crippen molar-refractivity contribution in [3.63, 3.8) is 0 Å². The van der Waals surface area contributed by atoms with Crippen LogP contribution in [0.1, 0.15) is 18.0 Å². The van der Waals surface area contributed by atoms with Crippen LogP contribution in [-0.2, 0) is 9.53 Å². The van der Waals surface area contributed by atoms with Crippen molar-refractivity contribution in [3.05, 3.63) is 30.1 Å². The number of nitriles is 1. The summed E-state index contributed by atoms with van der Waals surface area (Å²) in [5, 5.41) is 11.0. The van der Waals surface area contributed by atoms with E-state index in [0.29, 0.717) is 0 Å². The Kier molecular flexibility index (Phi) is 6.31. The maximum atomic E-state index is 11.8. The Balaban J connectivity index is 2.40. The van der Waals surface area contributed by atoms with E-state index in [1.165, 1.54) is 12.3 Å². The zero-order chi connectivity index (χ0) is 16.6. The molecule has 0 bridgehead atoms. The quantitative estimate of drug-likeness (QED) is 0.866. The Labute approximate surface area is 123 Å². The van der Waals surface area contributed by atoms with Gasteiger partial charge in [0.1, 0.15) is 5.92 Å². The third-order valence-corrected chi connectivity index (χ3v) is 2.44. The highest BCUT2D eigenvalue weighted by molar-refractivity contribution is 5.88. The number of ether oxygens (including phenoxy) is 1. The van der Waals surface area contributed by atoms with Gasteiger partial charge in [-0.1, -0.05) is 6.07 Å². The van der Waals surface area contributed by atoms with Crippen molar-refractivity contribution in [1.82, 2.24) is 10.3 Å². The molecule has 1 aromatic rings. The number of alkyl carbamates (subject to hydrolysis) is 1. The number of halogens is 3. The smallest absolute Gasteiger partial charge is 0.422 e. The maximum absolute atomic E-state index is 11.8. The number of aromatic nitrogens is 1. The topological polar surface area (TPSA) is 92.1 Å². The number of Topliss-reactive ketones (excluding diaryl/α,β-unsaturated/α-hetero) is 1. The number of ketones is 1. The first-order valence-corrected chi connectivity index (χ1v) is 6.14. The molecule has 0 saturated heterocycles. The lowest BCUT2D eigenvalue weighted by atomic mass is 9.99. The molecular weight excluding hydrogens is 303 g/mol. The number of rotatable bonds is 6. The summed E-state index contributed by atoms with van der Waals surface area (Å²) in [5.41, 5.74) is 0.273. The molecule has 1 rings (SSSR count). The first kappa shape index (κ1) is 17.4. The first-order chi connectivity index (χ1) is 10.3. The third kappa shape index (κ3) is 6.21. The van der Waals surface area contributed by atoms with Crippen LogP contribution in [0.15, 0.2) is 24.4 Å². The van der Waals surface area contributed by atoms with Crippen LogP contribution >= 0.6 is 0 Å². The van der Waals surface area contributed by atoms with Gasteiger partial charge in [0.25, 0.3) is 0 Å². The number of amides is 1. The molecule has 0 aliphatic heterocycles. The molecule has 0 aromatic carbocycles. The molecule has 0 saturated carbocycles. The van der Waals surface area contributed by atoms with E-state index in [2.05, 4.69) is 9.72 Å². The van der Waals surface area contributed by atoms with Gasteiger partial charge in [0.2, 0.25) is 0 Å². The molecule has 1 amide bonds. The van der Waals surface area contributed by atoms with Gasteiger partial charge < -0.3 is 10.1 Å². The Morgan fingerprint density at radius 3 is 2.68 bits per heavy atom. The summed E-state index contributed by atoms with van der Waals surface area (Å²) in [6.45, 7) is -1.94. The molecule has 6 nitrogen and oxygen atoms in total. The lowest BCUT2D eigenvalue weighted by Gasteiger charge is -2.10. The largest absolute Gasteiger partial charge is 0.440 e. The van der Waals surface area contributed by atoms with Gasteiger partial charge >= 0.3 is 12.3 Å². The molecule has 0 radical (unpaired) electrons. The van der Waals surface area contributed by atoms with E-state index in [-0.39, 0.29) is 18.7 Å². The molecule has 0 spiro atoms. The number of alkyl halides is 3. The number of carbonyl (C=O) groups excluding carboxylic acids is 2. The molecule has 1 atom stereocenters. The fraction of sp³-hybridized carbons (Fsp3) is 0.385. The van der Waals surface area contributed by atoms with Crippen LogP contribution in [0.3, 0.4) is 0 Å². The van der Waals surface area contributed by atoms with Crippen LogP contribution in [0.4, 0.5) is 18.0 Å². The van der Waals surface area contributed by atoms with Crippen molar-refractivity contribution >= 4 is 11.9 Å². The molecule has 0 unspecified atom stereocenters. The molecule has 0 aliphatic carbocycles. The summed E-state index contributed by atoms with van der Waals surface area (Å²) < 4.78 is 39.3. The minimum absolute atomic E-state index is 0.226. The minimum atomic E-state index is -4.61. The predicted octanol–water partition coefficient (Wildman–Crippen LogP) is 1.94. The second kappa shape index (κ2) is 7.97. The fourth-order valence-electron chi connectivity index (χ4n) is 1.48. The van der Waals surface area contributed by atoms with E-state index in [9.17, 15) is 22.8 Å². The molecule has 0 fully saturated rings. The van der Waals surface area contributed by atoms with Crippen LogP contribution in [0.2, 0.25) is 0 Å². The number of carbonyl (C=O) groups is 2. The minimum Gasteiger partial charge on any atom is -0.440 e. The fourth-order valence-corrected chi connectivity index (χ4v) is 1.48. The summed E-state index contributed by atoms with van der Waals surface area (Å²) in [5.74, 6) is -1.59. The Hall–Kier alpha value is -2.63. The van der Waals surface area contributed by atoms with Crippen LogP contribution in [0, 0.1) is 11.3 Å². The monoisotopic (exact) mass is 315 g/mol. The Bertz CT molecular complexity index is 555. The summed E-state index contributed by atoms with van der Waals surface area (Å²) in [4.78, 5) is 26.7.